The summed E-state index contributed by atoms with van der Waals surface area (Å²) in [6.45, 7) is 2.01. The molecule has 1 saturated heterocycles. The van der Waals surface area contributed by atoms with Crippen molar-refractivity contribution in [3.05, 3.63) is 0 Å². The van der Waals surface area contributed by atoms with Gasteiger partial charge >= 0.3 is 29.6 Å². The van der Waals surface area contributed by atoms with Crippen LogP contribution in [0, 0.1) is 0 Å². The first-order valence-electron chi connectivity index (χ1n) is 2.31. The molecule has 0 spiro atoms. The van der Waals surface area contributed by atoms with Gasteiger partial charge in [-0.2, -0.15) is 8.84 Å². The van der Waals surface area contributed by atoms with E-state index in [-0.39, 0.29) is 29.6 Å². The molecule has 48 valence electrons. The second kappa shape index (κ2) is 5.16. The van der Waals surface area contributed by atoms with Crippen molar-refractivity contribution in [2.75, 3.05) is 20.0 Å². The van der Waals surface area contributed by atoms with Crippen LogP contribution in [-0.4, -0.2) is 28.8 Å². The minimum atomic E-state index is 0. The summed E-state index contributed by atoms with van der Waals surface area (Å²) in [4.78, 5) is 0. The molecule has 1 aliphatic heterocycles. The molecule has 1 heterocycles. The number of nitrogens with zero attached hydrogens (tertiary/aromatic N) is 2. The van der Waals surface area contributed by atoms with Gasteiger partial charge in [-0.05, 0) is 23.6 Å². The molecule has 0 amide bonds. The van der Waals surface area contributed by atoms with E-state index in [0.717, 1.165) is 0 Å². The molecule has 1 N–H and O–H groups in total. The van der Waals surface area contributed by atoms with Gasteiger partial charge in [0.2, 0.25) is 0 Å². The molecule has 6 heteroatoms. The minimum Gasteiger partial charge on any atom is -0.289 e. The predicted molar refractivity (Wildman–Crippen MR) is 33.1 cm³/mol. The van der Waals surface area contributed by atoms with Crippen molar-refractivity contribution in [3.63, 3.8) is 0 Å². The molecule has 0 saturated carbocycles. The fraction of sp³-hybridized carbons (Fsp3) is 1.00. The minimum absolute atomic E-state index is 0. The zero-order chi connectivity index (χ0) is 5.98. The van der Waals surface area contributed by atoms with Crippen LogP contribution in [-0.2, 0) is 0 Å². The van der Waals surface area contributed by atoms with Gasteiger partial charge in [0.1, 0.15) is 0 Å². The number of nitrogens with one attached hydrogen (secondary N) is 1. The first kappa shape index (κ1) is 10.5. The molecule has 3 nitrogen and oxygen atoms in total. The molecule has 0 atom stereocenters. The molecule has 0 unspecified atom stereocenters. The van der Waals surface area contributed by atoms with Crippen LogP contribution >= 0.6 is 23.6 Å². The molecule has 0 bridgehead atoms. The summed E-state index contributed by atoms with van der Waals surface area (Å²) in [6, 6.07) is 0. The van der Waals surface area contributed by atoms with Crippen LogP contribution < -0.4 is 34.9 Å². The van der Waals surface area contributed by atoms with E-state index in [2.05, 4.69) is 5.32 Å². The summed E-state index contributed by atoms with van der Waals surface area (Å²) in [5.41, 5.74) is 0. The maximum Gasteiger partial charge on any atom is 1.00 e. The van der Waals surface area contributed by atoms with E-state index in [4.69, 9.17) is 23.6 Å². The van der Waals surface area contributed by atoms with E-state index >= 15 is 0 Å². The van der Waals surface area contributed by atoms with Crippen molar-refractivity contribution in [3.8, 4) is 0 Å². The van der Waals surface area contributed by atoms with Crippen molar-refractivity contribution >= 4 is 23.6 Å². The Morgan fingerprint density at radius 3 is 1.78 bits per heavy atom. The van der Waals surface area contributed by atoms with Gasteiger partial charge in [-0.1, -0.05) is 0 Å². The first-order chi connectivity index (χ1) is 3.79. The molecular weight excluding hydrogens is 172 g/mol. The zero-order valence-electron chi connectivity index (χ0n) is 5.27. The Labute approximate surface area is 86.8 Å². The summed E-state index contributed by atoms with van der Waals surface area (Å²) in [5, 5.41) is 2.97. The van der Waals surface area contributed by atoms with E-state index in [1.807, 2.05) is 0 Å². The van der Waals surface area contributed by atoms with Crippen molar-refractivity contribution in [2.24, 2.45) is 0 Å². The SMILES string of the molecule is ClN1CNCN(Cl)C1.[Na+]. The smallest absolute Gasteiger partial charge is 0.289 e. The van der Waals surface area contributed by atoms with Crippen molar-refractivity contribution in [2.45, 2.75) is 0 Å². The van der Waals surface area contributed by atoms with Crippen LogP contribution in [0.1, 0.15) is 0 Å². The normalized spacial score (nSPS) is 23.3. The zero-order valence-corrected chi connectivity index (χ0v) is 8.78. The molecule has 1 rings (SSSR count). The van der Waals surface area contributed by atoms with E-state index in [1.165, 1.54) is 0 Å². The van der Waals surface area contributed by atoms with E-state index in [9.17, 15) is 0 Å². The fourth-order valence-electron chi connectivity index (χ4n) is 0.559. The second-order valence-electron chi connectivity index (χ2n) is 1.63. The van der Waals surface area contributed by atoms with Crippen LogP contribution in [0.2, 0.25) is 0 Å². The van der Waals surface area contributed by atoms with Gasteiger partial charge in [-0.25, -0.2) is 0 Å². The van der Waals surface area contributed by atoms with Crippen LogP contribution in [0.5, 0.6) is 0 Å². The average Bonchev–Trinajstić information content (AvgIpc) is 1.64. The molecule has 9 heavy (non-hydrogen) atoms. The predicted octanol–water partition coefficient (Wildman–Crippen LogP) is -2.62. The Kier molecular flexibility index (Phi) is 5.99. The number of halogens is 2. The van der Waals surface area contributed by atoms with Gasteiger partial charge in [0.15, 0.2) is 0 Å². The maximum absolute atomic E-state index is 5.56. The third kappa shape index (κ3) is 4.01. The summed E-state index contributed by atoms with van der Waals surface area (Å²) in [6.07, 6.45) is 0. The summed E-state index contributed by atoms with van der Waals surface area (Å²) >= 11 is 11.1. The van der Waals surface area contributed by atoms with Gasteiger partial charge in [0.25, 0.3) is 0 Å². The number of hydrogen-bond donors (Lipinski definition) is 1. The summed E-state index contributed by atoms with van der Waals surface area (Å²) in [7, 11) is 0. The molecule has 1 fully saturated rings. The monoisotopic (exact) mass is 178 g/mol. The van der Waals surface area contributed by atoms with E-state index < -0.39 is 0 Å². The van der Waals surface area contributed by atoms with Gasteiger partial charge in [0.05, 0.1) is 20.0 Å². The van der Waals surface area contributed by atoms with Gasteiger partial charge < -0.3 is 0 Å². The molecule has 0 aromatic heterocycles. The van der Waals surface area contributed by atoms with E-state index in [1.54, 1.807) is 8.84 Å². The maximum atomic E-state index is 5.56. The second-order valence-corrected chi connectivity index (χ2v) is 2.59. The summed E-state index contributed by atoms with van der Waals surface area (Å²) in [5.74, 6) is 0. The Morgan fingerprint density at radius 1 is 1.11 bits per heavy atom. The average molecular weight is 179 g/mol. The third-order valence-corrected chi connectivity index (χ3v) is 1.33. The topological polar surface area (TPSA) is 18.5 Å². The quantitative estimate of drug-likeness (QED) is 0.324. The van der Waals surface area contributed by atoms with Gasteiger partial charge in [-0.3, -0.25) is 5.32 Å². The van der Waals surface area contributed by atoms with Crippen LogP contribution in [0.25, 0.3) is 0 Å². The van der Waals surface area contributed by atoms with Gasteiger partial charge in [0, 0.05) is 0 Å². The number of rotatable bonds is 0. The van der Waals surface area contributed by atoms with Crippen LogP contribution in [0.15, 0.2) is 0 Å². The van der Waals surface area contributed by atoms with Crippen molar-refractivity contribution in [1.29, 1.82) is 0 Å². The largest absolute Gasteiger partial charge is 1.00 e. The first-order valence-corrected chi connectivity index (χ1v) is 2.99. The van der Waals surface area contributed by atoms with Crippen LogP contribution in [0.4, 0.5) is 0 Å². The number of hydrogen-bond acceptors (Lipinski definition) is 3. The van der Waals surface area contributed by atoms with Crippen molar-refractivity contribution < 1.29 is 29.6 Å². The Balaban J connectivity index is 0.000000640. The standard InChI is InChI=1S/C3H7Cl2N3.Na/c4-7-1-6-2-8(5)3-7;/h6H,1-3H2;/q;+1. The molecule has 0 radical (unpaired) electrons. The molecule has 0 aromatic carbocycles. The molecule has 0 aromatic rings. The molecular formula is C3H7Cl2N3Na+. The Hall–Kier alpha value is 1.46. The van der Waals surface area contributed by atoms with Crippen molar-refractivity contribution in [1.82, 2.24) is 14.2 Å². The van der Waals surface area contributed by atoms with E-state index in [0.29, 0.717) is 20.0 Å². The fourth-order valence-corrected chi connectivity index (χ4v) is 1.04. The van der Waals surface area contributed by atoms with Crippen LogP contribution in [0.3, 0.4) is 0 Å². The summed E-state index contributed by atoms with van der Waals surface area (Å²) < 4.78 is 3.13. The molecule has 1 aliphatic rings. The Morgan fingerprint density at radius 2 is 1.56 bits per heavy atom. The third-order valence-electron chi connectivity index (χ3n) is 0.874. The van der Waals surface area contributed by atoms with Gasteiger partial charge in [-0.15, -0.1) is 0 Å². The Bertz CT molecular complexity index is 75.5. The molecule has 0 aliphatic carbocycles.